The largest absolute Gasteiger partial charge is 0.417 e. The first-order valence-electron chi connectivity index (χ1n) is 8.38. The van der Waals surface area contributed by atoms with Crippen molar-refractivity contribution in [2.45, 2.75) is 23.5 Å². The zero-order valence-electron chi connectivity index (χ0n) is 15.2. The number of nitrogens with one attached hydrogen (secondary N) is 1. The van der Waals surface area contributed by atoms with Gasteiger partial charge in [0.1, 0.15) is 0 Å². The molecular formula is C19H15ClF3N3O2S. The Morgan fingerprint density at radius 3 is 2.62 bits per heavy atom. The van der Waals surface area contributed by atoms with Gasteiger partial charge in [-0.1, -0.05) is 35.5 Å². The molecular weight excluding hydrogens is 427 g/mol. The standard InChI is InChI=1S/C19H15ClF3N3O2S/c1-10(16(27)24-11-7-8-14(20)13(9-11)19(21,22)23)29-18-25-15-6-4-3-5-12(15)17(28)26(18)2/h3-10H,1-2H3,(H,24,27). The van der Waals surface area contributed by atoms with Gasteiger partial charge in [0.05, 0.1) is 26.7 Å². The van der Waals surface area contributed by atoms with Crippen molar-refractivity contribution in [2.75, 3.05) is 5.32 Å². The number of carbonyl (C=O) groups is 1. The number of aromatic nitrogens is 2. The van der Waals surface area contributed by atoms with Crippen molar-refractivity contribution in [3.8, 4) is 0 Å². The van der Waals surface area contributed by atoms with Crippen molar-refractivity contribution in [2.24, 2.45) is 7.05 Å². The number of alkyl halides is 3. The Morgan fingerprint density at radius 1 is 1.24 bits per heavy atom. The van der Waals surface area contributed by atoms with Gasteiger partial charge >= 0.3 is 6.18 Å². The average Bonchev–Trinajstić information content (AvgIpc) is 2.66. The summed E-state index contributed by atoms with van der Waals surface area (Å²) in [6.45, 7) is 1.57. The Kier molecular flexibility index (Phi) is 5.90. The van der Waals surface area contributed by atoms with Crippen molar-refractivity contribution in [1.29, 1.82) is 0 Å². The number of fused-ring (bicyclic) bond motifs is 1. The summed E-state index contributed by atoms with van der Waals surface area (Å²) >= 11 is 6.62. The first-order chi connectivity index (χ1) is 13.6. The SMILES string of the molecule is CC(Sc1nc2ccccc2c(=O)n1C)C(=O)Nc1ccc(Cl)c(C(F)(F)F)c1. The molecule has 1 amide bonds. The molecule has 1 heterocycles. The molecule has 1 aromatic heterocycles. The lowest BCUT2D eigenvalue weighted by molar-refractivity contribution is -0.137. The Morgan fingerprint density at radius 2 is 1.93 bits per heavy atom. The number of anilines is 1. The van der Waals surface area contributed by atoms with Crippen LogP contribution in [-0.4, -0.2) is 20.7 Å². The summed E-state index contributed by atoms with van der Waals surface area (Å²) in [5.41, 5.74) is -0.813. The van der Waals surface area contributed by atoms with E-state index in [1.54, 1.807) is 38.2 Å². The Labute approximate surface area is 172 Å². The van der Waals surface area contributed by atoms with Gasteiger partial charge in [-0.3, -0.25) is 14.2 Å². The molecule has 0 aliphatic heterocycles. The summed E-state index contributed by atoms with van der Waals surface area (Å²) in [6.07, 6.45) is -4.63. The molecule has 1 N–H and O–H groups in total. The molecule has 2 aromatic carbocycles. The fourth-order valence-corrected chi connectivity index (χ4v) is 3.68. The summed E-state index contributed by atoms with van der Waals surface area (Å²) < 4.78 is 40.3. The number of thioether (sulfide) groups is 1. The molecule has 0 spiro atoms. The van der Waals surface area contributed by atoms with Crippen molar-refractivity contribution in [3.05, 3.63) is 63.4 Å². The van der Waals surface area contributed by atoms with Crippen molar-refractivity contribution in [3.63, 3.8) is 0 Å². The highest BCUT2D eigenvalue weighted by atomic mass is 35.5. The maximum atomic E-state index is 13.0. The number of hydrogen-bond acceptors (Lipinski definition) is 4. The zero-order valence-corrected chi connectivity index (χ0v) is 16.8. The molecule has 0 aliphatic rings. The van der Waals surface area contributed by atoms with E-state index in [1.807, 2.05) is 0 Å². The molecule has 10 heteroatoms. The van der Waals surface area contributed by atoms with Gasteiger partial charge < -0.3 is 5.32 Å². The number of amides is 1. The van der Waals surface area contributed by atoms with Gasteiger partial charge in [-0.2, -0.15) is 13.2 Å². The lowest BCUT2D eigenvalue weighted by Gasteiger charge is -2.15. The normalized spacial score (nSPS) is 12.8. The molecule has 1 atom stereocenters. The van der Waals surface area contributed by atoms with E-state index in [1.165, 1.54) is 10.6 Å². The van der Waals surface area contributed by atoms with Crippen LogP contribution in [0.25, 0.3) is 10.9 Å². The maximum Gasteiger partial charge on any atom is 0.417 e. The van der Waals surface area contributed by atoms with Crippen LogP contribution in [0.1, 0.15) is 12.5 Å². The molecule has 152 valence electrons. The fraction of sp³-hybridized carbons (Fsp3) is 0.211. The molecule has 0 saturated carbocycles. The van der Waals surface area contributed by atoms with E-state index in [9.17, 15) is 22.8 Å². The third-order valence-corrected chi connectivity index (χ3v) is 5.61. The first kappa shape index (κ1) is 21.2. The second-order valence-corrected chi connectivity index (χ2v) is 7.93. The Hall–Kier alpha value is -2.52. The van der Waals surface area contributed by atoms with Crippen LogP contribution < -0.4 is 10.9 Å². The van der Waals surface area contributed by atoms with Crippen molar-refractivity contribution < 1.29 is 18.0 Å². The highest BCUT2D eigenvalue weighted by Gasteiger charge is 2.33. The van der Waals surface area contributed by atoms with Gasteiger partial charge in [-0.25, -0.2) is 4.98 Å². The average molecular weight is 442 g/mol. The number of carbonyl (C=O) groups excluding carboxylic acids is 1. The van der Waals surface area contributed by atoms with E-state index < -0.39 is 27.9 Å². The molecule has 0 saturated heterocycles. The predicted molar refractivity (Wildman–Crippen MR) is 107 cm³/mol. The van der Waals surface area contributed by atoms with E-state index in [0.29, 0.717) is 16.1 Å². The van der Waals surface area contributed by atoms with Crippen LogP contribution in [0.2, 0.25) is 5.02 Å². The van der Waals surface area contributed by atoms with Crippen LogP contribution in [0, 0.1) is 0 Å². The molecule has 5 nitrogen and oxygen atoms in total. The van der Waals surface area contributed by atoms with Crippen LogP contribution in [0.15, 0.2) is 52.4 Å². The monoisotopic (exact) mass is 441 g/mol. The zero-order chi connectivity index (χ0) is 21.3. The fourth-order valence-electron chi connectivity index (χ4n) is 2.58. The number of hydrogen-bond donors (Lipinski definition) is 1. The van der Waals surface area contributed by atoms with Crippen LogP contribution in [0.4, 0.5) is 18.9 Å². The number of halogens is 4. The summed E-state index contributed by atoms with van der Waals surface area (Å²) in [4.78, 5) is 29.3. The van der Waals surface area contributed by atoms with E-state index in [2.05, 4.69) is 10.3 Å². The number of benzene rings is 2. The van der Waals surface area contributed by atoms with E-state index in [4.69, 9.17) is 11.6 Å². The molecule has 3 rings (SSSR count). The van der Waals surface area contributed by atoms with E-state index in [-0.39, 0.29) is 11.2 Å². The third kappa shape index (κ3) is 4.56. The summed E-state index contributed by atoms with van der Waals surface area (Å²) in [7, 11) is 1.55. The second-order valence-electron chi connectivity index (χ2n) is 6.22. The highest BCUT2D eigenvalue weighted by Crippen LogP contribution is 2.36. The summed E-state index contributed by atoms with van der Waals surface area (Å²) in [6, 6.07) is 9.98. The molecule has 0 radical (unpaired) electrons. The van der Waals surface area contributed by atoms with Gasteiger partial charge in [-0.05, 0) is 37.3 Å². The van der Waals surface area contributed by atoms with Crippen LogP contribution in [0.5, 0.6) is 0 Å². The minimum atomic E-state index is -4.63. The van der Waals surface area contributed by atoms with Crippen molar-refractivity contribution in [1.82, 2.24) is 9.55 Å². The van der Waals surface area contributed by atoms with Crippen LogP contribution in [0.3, 0.4) is 0 Å². The first-order valence-corrected chi connectivity index (χ1v) is 9.63. The van der Waals surface area contributed by atoms with Gasteiger partial charge in [0, 0.05) is 12.7 Å². The highest BCUT2D eigenvalue weighted by molar-refractivity contribution is 8.00. The van der Waals surface area contributed by atoms with Crippen LogP contribution >= 0.6 is 23.4 Å². The lowest BCUT2D eigenvalue weighted by atomic mass is 10.2. The molecule has 0 bridgehead atoms. The summed E-state index contributed by atoms with van der Waals surface area (Å²) in [5.74, 6) is -0.534. The van der Waals surface area contributed by atoms with Gasteiger partial charge in [0.15, 0.2) is 5.16 Å². The molecule has 0 aliphatic carbocycles. The topological polar surface area (TPSA) is 64.0 Å². The molecule has 0 fully saturated rings. The molecule has 1 unspecified atom stereocenters. The van der Waals surface area contributed by atoms with Crippen molar-refractivity contribution >= 4 is 45.9 Å². The number of para-hydroxylation sites is 1. The van der Waals surface area contributed by atoms with Gasteiger partial charge in [-0.15, -0.1) is 0 Å². The maximum absolute atomic E-state index is 13.0. The number of rotatable bonds is 4. The van der Waals surface area contributed by atoms with E-state index in [0.717, 1.165) is 23.9 Å². The second kappa shape index (κ2) is 8.08. The van der Waals surface area contributed by atoms with E-state index >= 15 is 0 Å². The third-order valence-electron chi connectivity index (χ3n) is 4.13. The quantitative estimate of drug-likeness (QED) is 0.470. The molecule has 3 aromatic rings. The van der Waals surface area contributed by atoms with Crippen LogP contribution in [-0.2, 0) is 18.0 Å². The minimum Gasteiger partial charge on any atom is -0.325 e. The lowest BCUT2D eigenvalue weighted by Crippen LogP contribution is -2.25. The molecule has 29 heavy (non-hydrogen) atoms. The Bertz CT molecular complexity index is 1150. The number of nitrogens with zero attached hydrogens (tertiary/aromatic N) is 2. The smallest absolute Gasteiger partial charge is 0.325 e. The summed E-state index contributed by atoms with van der Waals surface area (Å²) in [5, 5.41) is 2.04. The van der Waals surface area contributed by atoms with Gasteiger partial charge in [0.25, 0.3) is 5.56 Å². The Balaban J connectivity index is 1.81. The minimum absolute atomic E-state index is 0.0282. The predicted octanol–water partition coefficient (Wildman–Crippen LogP) is 4.73. The van der Waals surface area contributed by atoms with Gasteiger partial charge in [0.2, 0.25) is 5.91 Å².